The average Bonchev–Trinajstić information content (AvgIpc) is 3.22. The SMILES string of the molecule is Cn1nc(C(C)(C)C)c(C#N)c1-c1nc2cc(-c3ccccc3F)cc(Cl)c2[nH]1.[NaH]. The number of fused-ring (bicyclic) bond motifs is 1. The molecule has 0 atom stereocenters. The number of aromatic amines is 1. The van der Waals surface area contributed by atoms with Crippen LogP contribution in [0, 0.1) is 17.1 Å². The quantitative estimate of drug-likeness (QED) is 0.457. The molecule has 0 aliphatic carbocycles. The predicted molar refractivity (Wildman–Crippen MR) is 119 cm³/mol. The van der Waals surface area contributed by atoms with E-state index in [0.29, 0.717) is 50.0 Å². The van der Waals surface area contributed by atoms with Crippen LogP contribution in [0.25, 0.3) is 33.7 Å². The van der Waals surface area contributed by atoms with E-state index in [1.165, 1.54) is 6.07 Å². The van der Waals surface area contributed by atoms with Crippen LogP contribution in [0.15, 0.2) is 36.4 Å². The van der Waals surface area contributed by atoms with Gasteiger partial charge in [0.25, 0.3) is 0 Å². The van der Waals surface area contributed by atoms with Crippen LogP contribution in [-0.2, 0) is 12.5 Å². The minimum absolute atomic E-state index is 0. The van der Waals surface area contributed by atoms with E-state index < -0.39 is 0 Å². The van der Waals surface area contributed by atoms with Crippen molar-refractivity contribution in [2.75, 3.05) is 0 Å². The van der Waals surface area contributed by atoms with E-state index >= 15 is 0 Å². The van der Waals surface area contributed by atoms with E-state index in [4.69, 9.17) is 11.6 Å². The molecular formula is C22H20ClFN5Na. The van der Waals surface area contributed by atoms with Crippen LogP contribution in [0.4, 0.5) is 4.39 Å². The molecule has 0 saturated carbocycles. The maximum atomic E-state index is 14.2. The number of nitrogens with zero attached hydrogens (tertiary/aromatic N) is 4. The van der Waals surface area contributed by atoms with E-state index in [2.05, 4.69) is 21.1 Å². The van der Waals surface area contributed by atoms with Crippen molar-refractivity contribution >= 4 is 52.2 Å². The first-order valence-corrected chi connectivity index (χ1v) is 9.50. The zero-order chi connectivity index (χ0) is 20.9. The Morgan fingerprint density at radius 3 is 2.53 bits per heavy atom. The Balaban J connectivity index is 0.00000256. The van der Waals surface area contributed by atoms with Gasteiger partial charge < -0.3 is 4.98 Å². The molecule has 2 aromatic carbocycles. The molecule has 30 heavy (non-hydrogen) atoms. The Morgan fingerprint density at radius 1 is 1.20 bits per heavy atom. The number of nitrogens with one attached hydrogen (secondary N) is 1. The maximum absolute atomic E-state index is 14.2. The molecule has 4 aromatic rings. The number of aryl methyl sites for hydroxylation is 1. The second kappa shape index (κ2) is 8.16. The van der Waals surface area contributed by atoms with Crippen LogP contribution in [0.3, 0.4) is 0 Å². The molecule has 0 spiro atoms. The topological polar surface area (TPSA) is 70.3 Å². The molecule has 4 rings (SSSR count). The number of imidazole rings is 1. The molecule has 0 unspecified atom stereocenters. The van der Waals surface area contributed by atoms with Crippen molar-refractivity contribution in [3.8, 4) is 28.7 Å². The monoisotopic (exact) mass is 431 g/mol. The van der Waals surface area contributed by atoms with Crippen LogP contribution in [0.1, 0.15) is 32.0 Å². The van der Waals surface area contributed by atoms with Gasteiger partial charge in [0.2, 0.25) is 0 Å². The van der Waals surface area contributed by atoms with Gasteiger partial charge in [-0.25, -0.2) is 9.37 Å². The Labute approximate surface area is 201 Å². The van der Waals surface area contributed by atoms with Crippen LogP contribution in [0.5, 0.6) is 0 Å². The number of halogens is 2. The second-order valence-corrected chi connectivity index (χ2v) is 8.38. The van der Waals surface area contributed by atoms with Gasteiger partial charge in [0.05, 0.1) is 21.7 Å². The van der Waals surface area contributed by atoms with Gasteiger partial charge in [-0.3, -0.25) is 4.68 Å². The molecule has 0 saturated heterocycles. The predicted octanol–water partition coefficient (Wildman–Crippen LogP) is 4.94. The molecule has 8 heteroatoms. The summed E-state index contributed by atoms with van der Waals surface area (Å²) in [7, 11) is 1.78. The number of hydrogen-bond acceptors (Lipinski definition) is 3. The van der Waals surface area contributed by atoms with Gasteiger partial charge in [-0.15, -0.1) is 0 Å². The first kappa shape index (κ1) is 22.5. The third-order valence-electron chi connectivity index (χ3n) is 4.82. The molecule has 1 N–H and O–H groups in total. The van der Waals surface area contributed by atoms with Crippen molar-refractivity contribution in [2.45, 2.75) is 26.2 Å². The Hall–Kier alpha value is -2.17. The van der Waals surface area contributed by atoms with Crippen molar-refractivity contribution in [1.29, 1.82) is 5.26 Å². The fourth-order valence-corrected chi connectivity index (χ4v) is 3.72. The number of hydrogen-bond donors (Lipinski definition) is 1. The van der Waals surface area contributed by atoms with Gasteiger partial charge in [-0.05, 0) is 23.8 Å². The number of aromatic nitrogens is 4. The van der Waals surface area contributed by atoms with E-state index in [-0.39, 0.29) is 40.8 Å². The van der Waals surface area contributed by atoms with Gasteiger partial charge >= 0.3 is 29.6 Å². The van der Waals surface area contributed by atoms with Crippen LogP contribution >= 0.6 is 11.6 Å². The molecule has 2 aromatic heterocycles. The summed E-state index contributed by atoms with van der Waals surface area (Å²) in [5.74, 6) is 0.168. The Morgan fingerprint density at radius 2 is 1.90 bits per heavy atom. The average molecular weight is 432 g/mol. The number of rotatable bonds is 2. The summed E-state index contributed by atoms with van der Waals surface area (Å²) in [5.41, 5.74) is 3.80. The summed E-state index contributed by atoms with van der Waals surface area (Å²) in [6.07, 6.45) is 0. The summed E-state index contributed by atoms with van der Waals surface area (Å²) >= 11 is 6.48. The van der Waals surface area contributed by atoms with Gasteiger partial charge in [-0.1, -0.05) is 50.6 Å². The summed E-state index contributed by atoms with van der Waals surface area (Å²) in [4.78, 5) is 7.86. The third kappa shape index (κ3) is 3.79. The van der Waals surface area contributed by atoms with Crippen LogP contribution in [0.2, 0.25) is 5.02 Å². The van der Waals surface area contributed by atoms with Gasteiger partial charge in [0.15, 0.2) is 5.82 Å². The molecule has 0 radical (unpaired) electrons. The molecule has 2 heterocycles. The molecular weight excluding hydrogens is 412 g/mol. The molecule has 0 aliphatic heterocycles. The van der Waals surface area contributed by atoms with Gasteiger partial charge in [0, 0.05) is 18.0 Å². The minimum atomic E-state index is -0.327. The Kier molecular flexibility index (Phi) is 6.13. The fourth-order valence-electron chi connectivity index (χ4n) is 3.46. The number of benzene rings is 2. The van der Waals surface area contributed by atoms with Crippen molar-refractivity contribution < 1.29 is 4.39 Å². The molecule has 0 fully saturated rings. The second-order valence-electron chi connectivity index (χ2n) is 7.98. The van der Waals surface area contributed by atoms with Crippen LogP contribution < -0.4 is 0 Å². The fraction of sp³-hybridized carbons (Fsp3) is 0.227. The zero-order valence-electron chi connectivity index (χ0n) is 16.5. The van der Waals surface area contributed by atoms with Crippen molar-refractivity contribution in [1.82, 2.24) is 19.7 Å². The number of H-pyrrole nitrogens is 1. The van der Waals surface area contributed by atoms with Gasteiger partial charge in [-0.2, -0.15) is 10.4 Å². The normalized spacial score (nSPS) is 11.4. The molecule has 148 valence electrons. The summed E-state index contributed by atoms with van der Waals surface area (Å²) in [5, 5.41) is 14.8. The van der Waals surface area contributed by atoms with E-state index in [0.717, 1.165) is 0 Å². The summed E-state index contributed by atoms with van der Waals surface area (Å²) in [6.45, 7) is 6.03. The van der Waals surface area contributed by atoms with E-state index in [1.807, 2.05) is 20.8 Å². The van der Waals surface area contributed by atoms with Gasteiger partial charge in [0.1, 0.15) is 23.1 Å². The summed E-state index contributed by atoms with van der Waals surface area (Å²) < 4.78 is 15.9. The molecule has 0 amide bonds. The number of nitriles is 1. The first-order valence-electron chi connectivity index (χ1n) is 9.13. The molecule has 5 nitrogen and oxygen atoms in total. The third-order valence-corrected chi connectivity index (χ3v) is 5.12. The van der Waals surface area contributed by atoms with Crippen molar-refractivity contribution in [3.63, 3.8) is 0 Å². The standard InChI is InChI=1S/C22H19ClFN5.Na.H/c1-22(2,3)20-14(11-25)19(29(4)28-20)21-26-17-10-12(9-15(23)18(17)27-21)13-7-5-6-8-16(13)24;;/h5-10H,1-4H3,(H,26,27);;. The zero-order valence-corrected chi connectivity index (χ0v) is 17.3. The summed E-state index contributed by atoms with van der Waals surface area (Å²) in [6, 6.07) is 12.3. The van der Waals surface area contributed by atoms with Crippen LogP contribution in [-0.4, -0.2) is 49.3 Å². The molecule has 0 aliphatic rings. The molecule has 0 bridgehead atoms. The van der Waals surface area contributed by atoms with Crippen molar-refractivity contribution in [2.24, 2.45) is 7.05 Å². The van der Waals surface area contributed by atoms with Crippen molar-refractivity contribution in [3.05, 3.63) is 58.5 Å². The first-order chi connectivity index (χ1) is 13.7. The van der Waals surface area contributed by atoms with E-state index in [1.54, 1.807) is 42.1 Å². The Bertz CT molecular complexity index is 1290. The van der Waals surface area contributed by atoms with E-state index in [9.17, 15) is 9.65 Å².